The van der Waals surface area contributed by atoms with E-state index in [0.29, 0.717) is 5.02 Å². The van der Waals surface area contributed by atoms with Gasteiger partial charge in [-0.2, -0.15) is 0 Å². The van der Waals surface area contributed by atoms with Gasteiger partial charge in [0.25, 0.3) is 0 Å². The average molecular weight is 299 g/mol. The summed E-state index contributed by atoms with van der Waals surface area (Å²) in [6, 6.07) is 5.50. The number of β-amino-alcohol motifs (C(OH)–C–C–N with tert-alkyl or cyclic N) is 1. The minimum atomic E-state index is -1.11. The quantitative estimate of drug-likeness (QED) is 0.778. The van der Waals surface area contributed by atoms with Crippen LogP contribution in [0.3, 0.4) is 0 Å². The predicted octanol–water partition coefficient (Wildman–Crippen LogP) is 1.07. The highest BCUT2D eigenvalue weighted by Crippen LogP contribution is 2.18. The summed E-state index contributed by atoms with van der Waals surface area (Å²) in [6.45, 7) is 0.304. The number of nitrogens with zero attached hydrogens (tertiary/aromatic N) is 1. The topological polar surface area (TPSA) is 89.9 Å². The zero-order valence-electron chi connectivity index (χ0n) is 10.6. The molecule has 1 heterocycles. The molecule has 0 bridgehead atoms. The van der Waals surface area contributed by atoms with Gasteiger partial charge in [-0.3, -0.25) is 0 Å². The molecule has 1 aliphatic heterocycles. The zero-order chi connectivity index (χ0) is 14.7. The third-order valence-electron chi connectivity index (χ3n) is 3.18. The van der Waals surface area contributed by atoms with Crippen LogP contribution >= 0.6 is 11.6 Å². The summed E-state index contributed by atoms with van der Waals surface area (Å²) < 4.78 is 0. The fraction of sp³-hybridized carbons (Fsp3) is 0.385. The van der Waals surface area contributed by atoms with Crippen LogP contribution in [-0.4, -0.2) is 45.8 Å². The maximum Gasteiger partial charge on any atom is 0.326 e. The Labute approximate surface area is 121 Å². The molecular formula is C13H15ClN2O4. The molecule has 1 aromatic rings. The number of urea groups is 1. The summed E-state index contributed by atoms with van der Waals surface area (Å²) in [5.41, 5.74) is 0.856. The van der Waals surface area contributed by atoms with E-state index in [1.165, 1.54) is 0 Å². The molecule has 0 spiro atoms. The van der Waals surface area contributed by atoms with E-state index < -0.39 is 24.1 Å². The van der Waals surface area contributed by atoms with Crippen molar-refractivity contribution < 1.29 is 19.8 Å². The summed E-state index contributed by atoms with van der Waals surface area (Å²) in [5, 5.41) is 21.7. The Hall–Kier alpha value is -1.79. The number of carboxylic acids is 1. The highest BCUT2D eigenvalue weighted by Gasteiger charge is 2.38. The molecule has 20 heavy (non-hydrogen) atoms. The molecule has 1 saturated heterocycles. The van der Waals surface area contributed by atoms with Crippen LogP contribution in [0.2, 0.25) is 5.02 Å². The number of aliphatic carboxylic acids is 1. The van der Waals surface area contributed by atoms with Gasteiger partial charge in [0, 0.05) is 24.5 Å². The highest BCUT2D eigenvalue weighted by molar-refractivity contribution is 6.30. The second-order valence-corrected chi connectivity index (χ2v) is 5.12. The van der Waals surface area contributed by atoms with E-state index in [4.69, 9.17) is 16.7 Å². The van der Waals surface area contributed by atoms with Crippen molar-refractivity contribution in [3.8, 4) is 0 Å². The van der Waals surface area contributed by atoms with Crippen molar-refractivity contribution in [2.24, 2.45) is 0 Å². The monoisotopic (exact) mass is 298 g/mol. The van der Waals surface area contributed by atoms with Crippen molar-refractivity contribution in [3.05, 3.63) is 34.9 Å². The first-order chi connectivity index (χ1) is 9.47. The summed E-state index contributed by atoms with van der Waals surface area (Å²) in [7, 11) is 0. The van der Waals surface area contributed by atoms with Gasteiger partial charge in [-0.25, -0.2) is 9.59 Å². The number of carbonyl (C=O) groups excluding carboxylic acids is 1. The number of likely N-dealkylation sites (tertiary alicyclic amines) is 1. The number of carboxylic acid groups (broad SMARTS) is 1. The Kier molecular flexibility index (Phi) is 4.46. The molecule has 0 aliphatic carbocycles. The van der Waals surface area contributed by atoms with E-state index in [0.717, 1.165) is 10.5 Å². The van der Waals surface area contributed by atoms with Gasteiger partial charge in [-0.1, -0.05) is 23.7 Å². The van der Waals surface area contributed by atoms with Crippen molar-refractivity contribution in [1.29, 1.82) is 0 Å². The smallest absolute Gasteiger partial charge is 0.326 e. The van der Waals surface area contributed by atoms with Gasteiger partial charge in [0.05, 0.1) is 6.10 Å². The van der Waals surface area contributed by atoms with Crippen molar-refractivity contribution in [1.82, 2.24) is 10.2 Å². The molecule has 2 atom stereocenters. The van der Waals surface area contributed by atoms with E-state index in [1.807, 2.05) is 0 Å². The van der Waals surface area contributed by atoms with E-state index in [1.54, 1.807) is 24.3 Å². The van der Waals surface area contributed by atoms with Crippen molar-refractivity contribution >= 4 is 23.6 Å². The molecule has 2 amide bonds. The van der Waals surface area contributed by atoms with Gasteiger partial charge in [-0.05, 0) is 17.7 Å². The van der Waals surface area contributed by atoms with Crippen molar-refractivity contribution in [2.45, 2.75) is 25.1 Å². The maximum absolute atomic E-state index is 12.0. The predicted molar refractivity (Wildman–Crippen MR) is 72.4 cm³/mol. The molecule has 3 N–H and O–H groups in total. The Morgan fingerprint density at radius 2 is 2.00 bits per heavy atom. The molecule has 2 rings (SSSR count). The first-order valence-electron chi connectivity index (χ1n) is 6.17. The summed E-state index contributed by atoms with van der Waals surface area (Å²) >= 11 is 5.76. The van der Waals surface area contributed by atoms with E-state index in [-0.39, 0.29) is 19.5 Å². The highest BCUT2D eigenvalue weighted by atomic mass is 35.5. The van der Waals surface area contributed by atoms with Crippen molar-refractivity contribution in [2.75, 3.05) is 6.54 Å². The van der Waals surface area contributed by atoms with E-state index in [9.17, 15) is 14.7 Å². The second-order valence-electron chi connectivity index (χ2n) is 4.68. The lowest BCUT2D eigenvalue weighted by atomic mass is 10.2. The van der Waals surface area contributed by atoms with Crippen LogP contribution in [-0.2, 0) is 11.3 Å². The van der Waals surface area contributed by atoms with Crippen LogP contribution < -0.4 is 5.32 Å². The van der Waals surface area contributed by atoms with Crippen LogP contribution in [0.25, 0.3) is 0 Å². The third kappa shape index (κ3) is 3.40. The molecule has 7 heteroatoms. The van der Waals surface area contributed by atoms with Gasteiger partial charge in [-0.15, -0.1) is 0 Å². The van der Waals surface area contributed by atoms with Crippen LogP contribution in [0.15, 0.2) is 24.3 Å². The summed E-state index contributed by atoms with van der Waals surface area (Å²) in [6.07, 6.45) is -0.735. The van der Waals surface area contributed by atoms with Crippen molar-refractivity contribution in [3.63, 3.8) is 0 Å². The SMILES string of the molecule is O=C(O)C1CC(O)CN1C(=O)NCc1ccc(Cl)cc1. The second kappa shape index (κ2) is 6.11. The van der Waals surface area contributed by atoms with Gasteiger partial charge in [0.1, 0.15) is 6.04 Å². The maximum atomic E-state index is 12.0. The number of hydrogen-bond donors (Lipinski definition) is 3. The summed E-state index contributed by atoms with van der Waals surface area (Å²) in [5.74, 6) is -1.11. The molecule has 1 aromatic carbocycles. The minimum Gasteiger partial charge on any atom is -0.480 e. The number of aliphatic hydroxyl groups excluding tert-OH is 1. The van der Waals surface area contributed by atoms with E-state index in [2.05, 4.69) is 5.32 Å². The lowest BCUT2D eigenvalue weighted by Crippen LogP contribution is -2.45. The first kappa shape index (κ1) is 14.6. The van der Waals surface area contributed by atoms with Crippen LogP contribution in [0, 0.1) is 0 Å². The fourth-order valence-corrected chi connectivity index (χ4v) is 2.28. The minimum absolute atomic E-state index is 0.0312. The van der Waals surface area contributed by atoms with Crippen LogP contribution in [0.4, 0.5) is 4.79 Å². The number of benzene rings is 1. The number of aliphatic hydroxyl groups is 1. The molecule has 1 fully saturated rings. The van der Waals surface area contributed by atoms with Gasteiger partial charge in [0.2, 0.25) is 0 Å². The van der Waals surface area contributed by atoms with Gasteiger partial charge in [0.15, 0.2) is 0 Å². The standard InChI is InChI=1S/C13H15ClN2O4/c14-9-3-1-8(2-4-9)6-15-13(20)16-7-10(17)5-11(16)12(18)19/h1-4,10-11,17H,5-7H2,(H,15,20)(H,18,19). The number of hydrogen-bond acceptors (Lipinski definition) is 3. The first-order valence-corrected chi connectivity index (χ1v) is 6.55. The molecule has 0 radical (unpaired) electrons. The summed E-state index contributed by atoms with van der Waals surface area (Å²) in [4.78, 5) is 24.1. The van der Waals surface area contributed by atoms with Gasteiger partial charge < -0.3 is 20.4 Å². The lowest BCUT2D eigenvalue weighted by Gasteiger charge is -2.21. The Balaban J connectivity index is 1.94. The number of halogens is 1. The number of rotatable bonds is 3. The number of carbonyl (C=O) groups is 2. The third-order valence-corrected chi connectivity index (χ3v) is 3.43. The van der Waals surface area contributed by atoms with Crippen LogP contribution in [0.5, 0.6) is 0 Å². The van der Waals surface area contributed by atoms with Gasteiger partial charge >= 0.3 is 12.0 Å². The molecule has 6 nitrogen and oxygen atoms in total. The molecule has 108 valence electrons. The fourth-order valence-electron chi connectivity index (χ4n) is 2.15. The Bertz CT molecular complexity index is 506. The zero-order valence-corrected chi connectivity index (χ0v) is 11.4. The average Bonchev–Trinajstić information content (AvgIpc) is 2.80. The number of amides is 2. The Morgan fingerprint density at radius 3 is 2.60 bits per heavy atom. The molecule has 1 aliphatic rings. The molecule has 0 saturated carbocycles. The number of nitrogens with one attached hydrogen (secondary N) is 1. The Morgan fingerprint density at radius 1 is 1.35 bits per heavy atom. The largest absolute Gasteiger partial charge is 0.480 e. The van der Waals surface area contributed by atoms with Crippen LogP contribution in [0.1, 0.15) is 12.0 Å². The molecule has 2 unspecified atom stereocenters. The molecule has 0 aromatic heterocycles. The lowest BCUT2D eigenvalue weighted by molar-refractivity contribution is -0.141. The normalized spacial score (nSPS) is 21.8. The molecular weight excluding hydrogens is 284 g/mol. The van der Waals surface area contributed by atoms with E-state index >= 15 is 0 Å².